The predicted molar refractivity (Wildman–Crippen MR) is 103 cm³/mol. The molecule has 0 saturated carbocycles. The molecule has 0 fully saturated rings. The Morgan fingerprint density at radius 2 is 1.93 bits per heavy atom. The number of nitrogens with zero attached hydrogens (tertiary/aromatic N) is 3. The molecule has 0 aliphatic carbocycles. The van der Waals surface area contributed by atoms with Crippen molar-refractivity contribution in [3.05, 3.63) is 64.3 Å². The Kier molecular flexibility index (Phi) is 4.39. The highest BCUT2D eigenvalue weighted by Crippen LogP contribution is 2.35. The van der Waals surface area contributed by atoms with Gasteiger partial charge in [0, 0.05) is 16.0 Å². The molecular weight excluding hydrogens is 389 g/mol. The van der Waals surface area contributed by atoms with Crippen LogP contribution >= 0.6 is 23.2 Å². The maximum atomic E-state index is 12.3. The van der Waals surface area contributed by atoms with Crippen LogP contribution in [0.15, 0.2) is 58.8 Å². The molecule has 0 atom stereocenters. The molecule has 27 heavy (non-hydrogen) atoms. The lowest BCUT2D eigenvalue weighted by molar-refractivity contribution is 0.0990. The number of benzene rings is 2. The number of hydrogen-bond donors (Lipinski definition) is 3. The summed E-state index contributed by atoms with van der Waals surface area (Å²) in [7, 11) is 0. The molecule has 0 unspecified atom stereocenters. The van der Waals surface area contributed by atoms with Crippen molar-refractivity contribution >= 4 is 45.7 Å². The fourth-order valence-corrected chi connectivity index (χ4v) is 3.14. The third-order valence-corrected chi connectivity index (χ3v) is 4.46. The molecule has 0 aliphatic rings. The Morgan fingerprint density at radius 3 is 2.74 bits per heavy atom. The van der Waals surface area contributed by atoms with E-state index in [0.29, 0.717) is 32.2 Å². The van der Waals surface area contributed by atoms with Crippen LogP contribution in [-0.2, 0) is 0 Å². The molecule has 0 saturated heterocycles. The molecular formula is C18H11Cl2N5O2. The van der Waals surface area contributed by atoms with E-state index in [0.717, 1.165) is 0 Å². The number of carbonyl (C=O) groups is 1. The third kappa shape index (κ3) is 3.30. The van der Waals surface area contributed by atoms with E-state index in [1.165, 1.54) is 6.07 Å². The summed E-state index contributed by atoms with van der Waals surface area (Å²) >= 11 is 12.0. The summed E-state index contributed by atoms with van der Waals surface area (Å²) in [6, 6.07) is 13.7. The second kappa shape index (κ2) is 6.86. The predicted octanol–water partition coefficient (Wildman–Crippen LogP) is 5.49. The number of fused-ring (bicyclic) bond motifs is 1. The monoisotopic (exact) mass is 399 g/mol. The Hall–Kier alpha value is -3.16. The molecule has 0 aliphatic heterocycles. The minimum Gasteiger partial charge on any atom is -0.493 e. The van der Waals surface area contributed by atoms with E-state index in [4.69, 9.17) is 23.2 Å². The fraction of sp³-hybridized carbons (Fsp3) is 0. The van der Waals surface area contributed by atoms with Crippen molar-refractivity contribution in [1.82, 2.24) is 15.2 Å². The van der Waals surface area contributed by atoms with E-state index in [2.05, 4.69) is 25.4 Å². The lowest BCUT2D eigenvalue weighted by Gasteiger charge is -1.99. The van der Waals surface area contributed by atoms with E-state index >= 15 is 0 Å². The number of rotatable bonds is 3. The van der Waals surface area contributed by atoms with Crippen LogP contribution in [-0.4, -0.2) is 26.2 Å². The molecule has 9 heteroatoms. The molecule has 2 aromatic heterocycles. The van der Waals surface area contributed by atoms with Crippen LogP contribution in [0, 0.1) is 0 Å². The van der Waals surface area contributed by atoms with Gasteiger partial charge in [0.1, 0.15) is 5.69 Å². The van der Waals surface area contributed by atoms with Crippen molar-refractivity contribution in [3.63, 3.8) is 0 Å². The number of aromatic amines is 2. The standard InChI is InChI=1S/C18H11Cl2N5O2/c19-9-5-6-10(12(20)7-9)14-8-15(23-22-14)17(26)25-24-16-11-3-1-2-4-13(11)21-18(16)27/h1-8,21,27H,(H,22,23). The van der Waals surface area contributed by atoms with Gasteiger partial charge in [-0.05, 0) is 30.3 Å². The van der Waals surface area contributed by atoms with Crippen molar-refractivity contribution in [3.8, 4) is 17.1 Å². The first-order chi connectivity index (χ1) is 13.0. The molecule has 3 N–H and O–H groups in total. The van der Waals surface area contributed by atoms with Crippen LogP contribution in [0.4, 0.5) is 5.69 Å². The molecule has 7 nitrogen and oxygen atoms in total. The number of nitrogens with one attached hydrogen (secondary N) is 2. The molecule has 0 spiro atoms. The van der Waals surface area contributed by atoms with Gasteiger partial charge in [-0.1, -0.05) is 41.4 Å². The number of azo groups is 1. The summed E-state index contributed by atoms with van der Waals surface area (Å²) in [5.74, 6) is -0.797. The van der Waals surface area contributed by atoms with Gasteiger partial charge < -0.3 is 10.1 Å². The molecule has 0 radical (unpaired) electrons. The van der Waals surface area contributed by atoms with Crippen molar-refractivity contribution in [2.75, 3.05) is 0 Å². The van der Waals surface area contributed by atoms with Gasteiger partial charge in [0.15, 0.2) is 5.69 Å². The van der Waals surface area contributed by atoms with E-state index in [-0.39, 0.29) is 17.3 Å². The average Bonchev–Trinajstić information content (AvgIpc) is 3.24. The normalized spacial score (nSPS) is 11.5. The minimum atomic E-state index is -0.636. The van der Waals surface area contributed by atoms with Gasteiger partial charge in [0.25, 0.3) is 0 Å². The second-order valence-corrected chi connectivity index (χ2v) is 6.51. The van der Waals surface area contributed by atoms with Gasteiger partial charge in [-0.2, -0.15) is 5.10 Å². The van der Waals surface area contributed by atoms with E-state index in [9.17, 15) is 9.90 Å². The Bertz CT molecular complexity index is 1200. The first-order valence-electron chi connectivity index (χ1n) is 7.79. The number of para-hydroxylation sites is 1. The van der Waals surface area contributed by atoms with Crippen molar-refractivity contribution in [1.29, 1.82) is 0 Å². The summed E-state index contributed by atoms with van der Waals surface area (Å²) in [5, 5.41) is 25.8. The summed E-state index contributed by atoms with van der Waals surface area (Å²) in [6.07, 6.45) is 0. The van der Waals surface area contributed by atoms with Crippen LogP contribution < -0.4 is 0 Å². The van der Waals surface area contributed by atoms with E-state index in [1.54, 1.807) is 36.4 Å². The molecule has 4 rings (SSSR count). The summed E-state index contributed by atoms with van der Waals surface area (Å²) < 4.78 is 0. The first-order valence-corrected chi connectivity index (χ1v) is 8.55. The fourth-order valence-electron chi connectivity index (χ4n) is 2.63. The molecule has 0 bridgehead atoms. The highest BCUT2D eigenvalue weighted by atomic mass is 35.5. The molecule has 2 aromatic carbocycles. The first kappa shape index (κ1) is 17.3. The third-order valence-electron chi connectivity index (χ3n) is 3.92. The number of carbonyl (C=O) groups excluding carboxylic acids is 1. The van der Waals surface area contributed by atoms with Crippen LogP contribution in [0.2, 0.25) is 10.0 Å². The number of hydrogen-bond acceptors (Lipinski definition) is 4. The summed E-state index contributed by atoms with van der Waals surface area (Å²) in [5.41, 5.74) is 2.13. The van der Waals surface area contributed by atoms with E-state index in [1.807, 2.05) is 6.07 Å². The lowest BCUT2D eigenvalue weighted by atomic mass is 10.1. The van der Waals surface area contributed by atoms with Gasteiger partial charge in [-0.15, -0.1) is 10.2 Å². The number of halogens is 2. The van der Waals surface area contributed by atoms with Crippen LogP contribution in [0.3, 0.4) is 0 Å². The largest absolute Gasteiger partial charge is 0.493 e. The maximum Gasteiger partial charge on any atom is 0.313 e. The quantitative estimate of drug-likeness (QED) is 0.396. The van der Waals surface area contributed by atoms with Gasteiger partial charge in [0.2, 0.25) is 5.88 Å². The Balaban J connectivity index is 1.61. The molecule has 1 amide bonds. The van der Waals surface area contributed by atoms with E-state index < -0.39 is 5.91 Å². The zero-order valence-electron chi connectivity index (χ0n) is 13.6. The van der Waals surface area contributed by atoms with Crippen LogP contribution in [0.25, 0.3) is 22.2 Å². The number of aromatic hydroxyl groups is 1. The van der Waals surface area contributed by atoms with Gasteiger partial charge in [-0.3, -0.25) is 9.89 Å². The SMILES string of the molecule is O=C(N=Nc1c(O)[nH]c2ccccc12)c1cc(-c2ccc(Cl)cc2Cl)n[nH]1. The molecule has 4 aromatic rings. The van der Waals surface area contributed by atoms with Crippen LogP contribution in [0.1, 0.15) is 10.5 Å². The molecule has 134 valence electrons. The number of aromatic nitrogens is 3. The van der Waals surface area contributed by atoms with Crippen molar-refractivity contribution in [2.45, 2.75) is 0 Å². The van der Waals surface area contributed by atoms with Gasteiger partial charge >= 0.3 is 5.91 Å². The van der Waals surface area contributed by atoms with Crippen molar-refractivity contribution < 1.29 is 9.90 Å². The van der Waals surface area contributed by atoms with Gasteiger partial charge in [0.05, 0.1) is 16.2 Å². The minimum absolute atomic E-state index is 0.138. The number of H-pyrrole nitrogens is 2. The Morgan fingerprint density at radius 1 is 1.11 bits per heavy atom. The lowest BCUT2D eigenvalue weighted by Crippen LogP contribution is -1.93. The summed E-state index contributed by atoms with van der Waals surface area (Å²) in [6.45, 7) is 0. The highest BCUT2D eigenvalue weighted by Gasteiger charge is 2.14. The smallest absolute Gasteiger partial charge is 0.313 e. The number of amides is 1. The molecule has 2 heterocycles. The second-order valence-electron chi connectivity index (χ2n) is 5.66. The summed E-state index contributed by atoms with van der Waals surface area (Å²) in [4.78, 5) is 15.1. The van der Waals surface area contributed by atoms with Crippen LogP contribution in [0.5, 0.6) is 5.88 Å². The zero-order chi connectivity index (χ0) is 19.0. The Labute approximate surface area is 162 Å². The van der Waals surface area contributed by atoms with Gasteiger partial charge in [-0.25, -0.2) is 0 Å². The average molecular weight is 400 g/mol. The maximum absolute atomic E-state index is 12.3. The topological polar surface area (TPSA) is 106 Å². The zero-order valence-corrected chi connectivity index (χ0v) is 15.1. The highest BCUT2D eigenvalue weighted by molar-refractivity contribution is 6.36. The van der Waals surface area contributed by atoms with Crippen molar-refractivity contribution in [2.24, 2.45) is 10.2 Å².